The average Bonchev–Trinajstić information content (AvgIpc) is 2.87. The van der Waals surface area contributed by atoms with E-state index in [2.05, 4.69) is 19.1 Å². The molecule has 0 aromatic heterocycles. The molecule has 2 aliphatic heterocycles. The van der Waals surface area contributed by atoms with Crippen LogP contribution in [0.1, 0.15) is 57.6 Å². The standard InChI is InChI=1S/C23H28N2O3/c1-14-9-10-19-18(11-14)15(2)12-23(3,4)25(19)20(26)13-24-21(27)16-7-5-6-8-17(16)22(24)28/h9-12,16-17H,5-8,13H2,1-4H3/t16-,17-/m1/s1. The molecule has 5 heteroatoms. The number of allylic oxidation sites excluding steroid dienone is 1. The van der Waals surface area contributed by atoms with Gasteiger partial charge < -0.3 is 4.90 Å². The number of fused-ring (bicyclic) bond motifs is 2. The van der Waals surface area contributed by atoms with E-state index in [0.717, 1.165) is 48.1 Å². The molecule has 0 bridgehead atoms. The summed E-state index contributed by atoms with van der Waals surface area (Å²) in [5, 5.41) is 0. The second-order valence-electron chi connectivity index (χ2n) is 8.99. The van der Waals surface area contributed by atoms with Gasteiger partial charge in [0.1, 0.15) is 6.54 Å². The molecule has 2 heterocycles. The number of imide groups is 1. The minimum Gasteiger partial charge on any atom is -0.301 e. The average molecular weight is 380 g/mol. The highest BCUT2D eigenvalue weighted by Gasteiger charge is 2.49. The van der Waals surface area contributed by atoms with Gasteiger partial charge in [-0.3, -0.25) is 19.3 Å². The number of rotatable bonds is 2. The third kappa shape index (κ3) is 2.88. The Hall–Kier alpha value is -2.43. The first-order valence-corrected chi connectivity index (χ1v) is 10.2. The smallest absolute Gasteiger partial charge is 0.247 e. The van der Waals surface area contributed by atoms with Crippen LogP contribution in [0.3, 0.4) is 0 Å². The zero-order valence-corrected chi connectivity index (χ0v) is 17.1. The van der Waals surface area contributed by atoms with E-state index >= 15 is 0 Å². The molecule has 3 aliphatic rings. The van der Waals surface area contributed by atoms with Crippen molar-refractivity contribution >= 4 is 29.0 Å². The summed E-state index contributed by atoms with van der Waals surface area (Å²) in [7, 11) is 0. The molecular formula is C23H28N2O3. The fraction of sp³-hybridized carbons (Fsp3) is 0.522. The van der Waals surface area contributed by atoms with Gasteiger partial charge in [0, 0.05) is 5.56 Å². The first kappa shape index (κ1) is 18.9. The van der Waals surface area contributed by atoms with E-state index in [-0.39, 0.29) is 36.1 Å². The van der Waals surface area contributed by atoms with Gasteiger partial charge in [0.05, 0.1) is 23.1 Å². The van der Waals surface area contributed by atoms with Gasteiger partial charge in [-0.05, 0) is 58.2 Å². The Balaban J connectivity index is 1.65. The normalized spacial score (nSPS) is 26.1. The third-order valence-corrected chi connectivity index (χ3v) is 6.44. The lowest BCUT2D eigenvalue weighted by Crippen LogP contribution is -2.53. The number of hydrogen-bond donors (Lipinski definition) is 0. The number of carbonyl (C=O) groups is 3. The van der Waals surface area contributed by atoms with Crippen molar-refractivity contribution < 1.29 is 14.4 Å². The highest BCUT2D eigenvalue weighted by Crippen LogP contribution is 2.41. The Labute approximate surface area is 166 Å². The summed E-state index contributed by atoms with van der Waals surface area (Å²) in [6.07, 6.45) is 5.58. The van der Waals surface area contributed by atoms with Gasteiger partial charge >= 0.3 is 0 Å². The van der Waals surface area contributed by atoms with Crippen molar-refractivity contribution in [3.05, 3.63) is 35.4 Å². The van der Waals surface area contributed by atoms with E-state index < -0.39 is 5.54 Å². The minimum atomic E-state index is -0.526. The fourth-order valence-electron chi connectivity index (χ4n) is 5.19. The number of amides is 3. The molecule has 0 radical (unpaired) electrons. The van der Waals surface area contributed by atoms with Crippen molar-refractivity contribution in [2.75, 3.05) is 11.4 Å². The first-order chi connectivity index (χ1) is 13.2. The zero-order chi connectivity index (χ0) is 20.2. The lowest BCUT2D eigenvalue weighted by molar-refractivity contribution is -0.143. The Bertz CT molecular complexity index is 875. The van der Waals surface area contributed by atoms with Crippen LogP contribution in [0.4, 0.5) is 5.69 Å². The van der Waals surface area contributed by atoms with Crippen LogP contribution in [0.15, 0.2) is 24.3 Å². The van der Waals surface area contributed by atoms with Gasteiger partial charge in [-0.25, -0.2) is 0 Å². The summed E-state index contributed by atoms with van der Waals surface area (Å²) in [6, 6.07) is 6.04. The van der Waals surface area contributed by atoms with Crippen LogP contribution in [0.5, 0.6) is 0 Å². The molecule has 2 fully saturated rings. The van der Waals surface area contributed by atoms with E-state index in [1.54, 1.807) is 4.90 Å². The van der Waals surface area contributed by atoms with E-state index in [9.17, 15) is 14.4 Å². The van der Waals surface area contributed by atoms with Gasteiger partial charge in [0.15, 0.2) is 0 Å². The lowest BCUT2D eigenvalue weighted by Gasteiger charge is -2.42. The summed E-state index contributed by atoms with van der Waals surface area (Å²) in [5.74, 6) is -0.970. The van der Waals surface area contributed by atoms with Gasteiger partial charge in [0.25, 0.3) is 0 Å². The second-order valence-corrected chi connectivity index (χ2v) is 8.99. The Morgan fingerprint density at radius 3 is 2.29 bits per heavy atom. The molecule has 1 saturated heterocycles. The number of anilines is 1. The lowest BCUT2D eigenvalue weighted by atomic mass is 9.81. The molecule has 5 nitrogen and oxygen atoms in total. The van der Waals surface area contributed by atoms with Crippen LogP contribution in [0.2, 0.25) is 0 Å². The molecule has 4 rings (SSSR count). The fourth-order valence-corrected chi connectivity index (χ4v) is 5.19. The van der Waals surface area contributed by atoms with Gasteiger partial charge in [-0.15, -0.1) is 0 Å². The van der Waals surface area contributed by atoms with Crippen LogP contribution >= 0.6 is 0 Å². The predicted octanol–water partition coefficient (Wildman–Crippen LogP) is 3.70. The molecule has 0 unspecified atom stereocenters. The number of hydrogen-bond acceptors (Lipinski definition) is 3. The largest absolute Gasteiger partial charge is 0.301 e. The molecule has 0 spiro atoms. The number of nitrogens with zero attached hydrogens (tertiary/aromatic N) is 2. The molecule has 1 aliphatic carbocycles. The van der Waals surface area contributed by atoms with Gasteiger partial charge in [-0.1, -0.05) is 30.5 Å². The monoisotopic (exact) mass is 380 g/mol. The second kappa shape index (κ2) is 6.57. The Kier molecular flexibility index (Phi) is 4.44. The number of aryl methyl sites for hydroxylation is 1. The van der Waals surface area contributed by atoms with E-state index in [0.29, 0.717) is 0 Å². The Morgan fingerprint density at radius 1 is 1.07 bits per heavy atom. The number of likely N-dealkylation sites (tertiary alicyclic amines) is 1. The molecular weight excluding hydrogens is 352 g/mol. The summed E-state index contributed by atoms with van der Waals surface area (Å²) in [5.41, 5.74) is 3.61. The van der Waals surface area contributed by atoms with E-state index in [1.165, 1.54) is 4.90 Å². The molecule has 2 atom stereocenters. The third-order valence-electron chi connectivity index (χ3n) is 6.44. The minimum absolute atomic E-state index is 0.159. The topological polar surface area (TPSA) is 57.7 Å². The molecule has 28 heavy (non-hydrogen) atoms. The molecule has 0 N–H and O–H groups in total. The van der Waals surface area contributed by atoms with Crippen LogP contribution in [-0.2, 0) is 14.4 Å². The summed E-state index contributed by atoms with van der Waals surface area (Å²) >= 11 is 0. The highest BCUT2D eigenvalue weighted by atomic mass is 16.2. The Morgan fingerprint density at radius 2 is 1.68 bits per heavy atom. The maximum atomic E-state index is 13.4. The van der Waals surface area contributed by atoms with Gasteiger partial charge in [0.2, 0.25) is 17.7 Å². The van der Waals surface area contributed by atoms with Crippen LogP contribution in [-0.4, -0.2) is 34.7 Å². The maximum Gasteiger partial charge on any atom is 0.247 e. The van der Waals surface area contributed by atoms with Crippen LogP contribution < -0.4 is 4.90 Å². The van der Waals surface area contributed by atoms with E-state index in [4.69, 9.17) is 0 Å². The zero-order valence-electron chi connectivity index (χ0n) is 17.1. The molecule has 3 amide bonds. The molecule has 1 saturated carbocycles. The number of carbonyl (C=O) groups excluding carboxylic acids is 3. The summed E-state index contributed by atoms with van der Waals surface area (Å²) < 4.78 is 0. The number of benzene rings is 1. The quantitative estimate of drug-likeness (QED) is 0.735. The maximum absolute atomic E-state index is 13.4. The SMILES string of the molecule is CC1=CC(C)(C)N(C(=O)CN2C(=O)[C@@H]3CCCC[C@H]3C2=O)c2ccc(C)cc21. The van der Waals surface area contributed by atoms with Crippen molar-refractivity contribution in [3.8, 4) is 0 Å². The van der Waals surface area contributed by atoms with E-state index in [1.807, 2.05) is 32.9 Å². The molecule has 148 valence electrons. The summed E-state index contributed by atoms with van der Waals surface area (Å²) in [4.78, 5) is 41.9. The van der Waals surface area contributed by atoms with Crippen molar-refractivity contribution in [1.29, 1.82) is 0 Å². The molecule has 1 aromatic carbocycles. The van der Waals surface area contributed by atoms with Crippen molar-refractivity contribution in [2.45, 2.75) is 58.9 Å². The van der Waals surface area contributed by atoms with Crippen LogP contribution in [0.25, 0.3) is 5.57 Å². The van der Waals surface area contributed by atoms with Crippen molar-refractivity contribution in [1.82, 2.24) is 4.90 Å². The molecule has 1 aromatic rings. The van der Waals surface area contributed by atoms with Crippen molar-refractivity contribution in [2.24, 2.45) is 11.8 Å². The predicted molar refractivity (Wildman–Crippen MR) is 109 cm³/mol. The van der Waals surface area contributed by atoms with Crippen LogP contribution in [0, 0.1) is 18.8 Å². The van der Waals surface area contributed by atoms with Crippen molar-refractivity contribution in [3.63, 3.8) is 0 Å². The highest BCUT2D eigenvalue weighted by molar-refractivity contribution is 6.10. The van der Waals surface area contributed by atoms with Gasteiger partial charge in [-0.2, -0.15) is 0 Å². The summed E-state index contributed by atoms with van der Waals surface area (Å²) in [6.45, 7) is 7.90. The first-order valence-electron chi connectivity index (χ1n) is 10.2.